The highest BCUT2D eigenvalue weighted by atomic mass is 32.2. The summed E-state index contributed by atoms with van der Waals surface area (Å²) in [6.07, 6.45) is 0.254. The molecule has 0 aliphatic heterocycles. The highest BCUT2D eigenvalue weighted by Crippen LogP contribution is 2.32. The Morgan fingerprint density at radius 3 is 1.37 bits per heavy atom. The Balaban J connectivity index is 1.98. The highest BCUT2D eigenvalue weighted by Gasteiger charge is 2.09. The fourth-order valence-electron chi connectivity index (χ4n) is 2.57. The first-order valence-electron chi connectivity index (χ1n) is 8.90. The lowest BCUT2D eigenvalue weighted by molar-refractivity contribution is 0.317. The summed E-state index contributed by atoms with van der Waals surface area (Å²) in [6.45, 7) is 0.166. The zero-order valence-electron chi connectivity index (χ0n) is 16.0. The molecule has 0 aliphatic rings. The molecule has 0 saturated carbocycles. The monoisotopic (exact) mass is 460 g/mol. The van der Waals surface area contributed by atoms with Crippen molar-refractivity contribution in [2.75, 3.05) is 36.2 Å². The van der Waals surface area contributed by atoms with E-state index in [0.717, 1.165) is 11.1 Å². The van der Waals surface area contributed by atoms with Crippen LogP contribution in [0.5, 0.6) is 11.5 Å². The molecule has 0 heterocycles. The Labute approximate surface area is 175 Å². The smallest absolute Gasteiger partial charge is 0.264 e. The molecule has 30 heavy (non-hydrogen) atoms. The second-order valence-corrected chi connectivity index (χ2v) is 9.63. The van der Waals surface area contributed by atoms with Crippen molar-refractivity contribution in [2.24, 2.45) is 0 Å². The van der Waals surface area contributed by atoms with Crippen molar-refractivity contribution in [3.05, 3.63) is 36.4 Å². The third-order valence-corrected chi connectivity index (χ3v) is 5.57. The first-order valence-corrected chi connectivity index (χ1v) is 12.1. The standard InChI is InChI=1S/C18H24N2O8S2/c19-15-11-13(3-5-17(15)27-7-1-9-29(21,22)23)14-4-6-18(16(20)12-14)28-8-2-10-30(24,25)26/h3-6,11-12H,1-2,7-10,19-20H2,(H,21,22,23)(H,24,25,26). The lowest BCUT2D eigenvalue weighted by Crippen LogP contribution is -2.09. The van der Waals surface area contributed by atoms with Gasteiger partial charge in [0.2, 0.25) is 0 Å². The van der Waals surface area contributed by atoms with Crippen molar-refractivity contribution in [1.29, 1.82) is 0 Å². The topological polar surface area (TPSA) is 179 Å². The van der Waals surface area contributed by atoms with Crippen molar-refractivity contribution < 1.29 is 35.4 Å². The molecule has 0 aromatic heterocycles. The zero-order chi connectivity index (χ0) is 22.4. The van der Waals surface area contributed by atoms with Gasteiger partial charge in [0.15, 0.2) is 0 Å². The molecule has 12 heteroatoms. The second kappa shape index (κ2) is 9.98. The average Bonchev–Trinajstić information content (AvgIpc) is 2.62. The van der Waals surface area contributed by atoms with Crippen LogP contribution < -0.4 is 20.9 Å². The van der Waals surface area contributed by atoms with Crippen LogP contribution in [0.25, 0.3) is 11.1 Å². The van der Waals surface area contributed by atoms with Gasteiger partial charge in [-0.05, 0) is 48.2 Å². The van der Waals surface area contributed by atoms with E-state index in [0.29, 0.717) is 22.9 Å². The van der Waals surface area contributed by atoms with Gasteiger partial charge in [0.1, 0.15) is 11.5 Å². The van der Waals surface area contributed by atoms with Gasteiger partial charge in [0.25, 0.3) is 20.2 Å². The van der Waals surface area contributed by atoms with E-state index in [9.17, 15) is 16.8 Å². The van der Waals surface area contributed by atoms with Crippen LogP contribution in [-0.2, 0) is 20.2 Å². The molecule has 2 rings (SSSR count). The third-order valence-electron chi connectivity index (χ3n) is 3.96. The van der Waals surface area contributed by atoms with Crippen LogP contribution in [0.3, 0.4) is 0 Å². The van der Waals surface area contributed by atoms with E-state index in [1.807, 2.05) is 0 Å². The molecule has 10 nitrogen and oxygen atoms in total. The molecule has 0 radical (unpaired) electrons. The molecule has 0 atom stereocenters. The number of nitrogens with two attached hydrogens (primary N) is 2. The minimum Gasteiger partial charge on any atom is -0.491 e. The number of benzene rings is 2. The second-order valence-electron chi connectivity index (χ2n) is 6.48. The molecule has 6 N–H and O–H groups in total. The fourth-order valence-corrected chi connectivity index (χ4v) is 3.53. The van der Waals surface area contributed by atoms with Crippen LogP contribution in [0.4, 0.5) is 11.4 Å². The number of hydrogen-bond acceptors (Lipinski definition) is 8. The van der Waals surface area contributed by atoms with Gasteiger partial charge in [-0.25, -0.2) is 0 Å². The Morgan fingerprint density at radius 2 is 1.07 bits per heavy atom. The Morgan fingerprint density at radius 1 is 0.700 bits per heavy atom. The number of ether oxygens (including phenoxy) is 2. The summed E-state index contributed by atoms with van der Waals surface area (Å²) in [6, 6.07) is 10.2. The van der Waals surface area contributed by atoms with Gasteiger partial charge < -0.3 is 20.9 Å². The van der Waals surface area contributed by atoms with Crippen LogP contribution in [0.1, 0.15) is 12.8 Å². The summed E-state index contributed by atoms with van der Waals surface area (Å²) in [5, 5.41) is 0. The van der Waals surface area contributed by atoms with Crippen LogP contribution in [0.2, 0.25) is 0 Å². The molecular formula is C18H24N2O8S2. The molecular weight excluding hydrogens is 436 g/mol. The maximum absolute atomic E-state index is 10.7. The summed E-state index contributed by atoms with van der Waals surface area (Å²) in [4.78, 5) is 0. The van der Waals surface area contributed by atoms with E-state index in [2.05, 4.69) is 0 Å². The van der Waals surface area contributed by atoms with Crippen molar-refractivity contribution in [3.63, 3.8) is 0 Å². The first kappa shape index (κ1) is 23.7. The van der Waals surface area contributed by atoms with Crippen molar-refractivity contribution in [2.45, 2.75) is 12.8 Å². The normalized spacial score (nSPS) is 11.9. The van der Waals surface area contributed by atoms with Gasteiger partial charge in [-0.1, -0.05) is 12.1 Å². The number of hydrogen-bond donors (Lipinski definition) is 4. The Kier molecular flexibility index (Phi) is 7.89. The van der Waals surface area contributed by atoms with Gasteiger partial charge in [-0.3, -0.25) is 9.11 Å². The predicted molar refractivity (Wildman–Crippen MR) is 114 cm³/mol. The zero-order valence-corrected chi connectivity index (χ0v) is 17.7. The Bertz CT molecular complexity index is 998. The van der Waals surface area contributed by atoms with Gasteiger partial charge in [-0.15, -0.1) is 0 Å². The molecule has 166 valence electrons. The summed E-state index contributed by atoms with van der Waals surface area (Å²) in [5.74, 6) is -0.00935. The predicted octanol–water partition coefficient (Wildman–Crippen LogP) is 1.83. The molecule has 0 aliphatic carbocycles. The average molecular weight is 461 g/mol. The van der Waals surface area contributed by atoms with E-state index >= 15 is 0 Å². The lowest BCUT2D eigenvalue weighted by atomic mass is 10.0. The van der Waals surface area contributed by atoms with Gasteiger partial charge in [-0.2, -0.15) is 16.8 Å². The van der Waals surface area contributed by atoms with Crippen molar-refractivity contribution in [1.82, 2.24) is 0 Å². The maximum atomic E-state index is 10.7. The fraction of sp³-hybridized carbons (Fsp3) is 0.333. The highest BCUT2D eigenvalue weighted by molar-refractivity contribution is 7.86. The summed E-state index contributed by atoms with van der Waals surface area (Å²) >= 11 is 0. The number of rotatable bonds is 11. The quantitative estimate of drug-likeness (QED) is 0.219. The lowest BCUT2D eigenvalue weighted by Gasteiger charge is -2.12. The maximum Gasteiger partial charge on any atom is 0.264 e. The molecule has 2 aromatic carbocycles. The van der Waals surface area contributed by atoms with E-state index < -0.39 is 31.7 Å². The molecule has 2 aromatic rings. The minimum atomic E-state index is -4.02. The minimum absolute atomic E-state index is 0.0832. The van der Waals surface area contributed by atoms with Crippen molar-refractivity contribution >= 4 is 31.6 Å². The first-order chi connectivity index (χ1) is 13.9. The van der Waals surface area contributed by atoms with Gasteiger partial charge >= 0.3 is 0 Å². The van der Waals surface area contributed by atoms with E-state index in [1.54, 1.807) is 36.4 Å². The number of anilines is 2. The van der Waals surface area contributed by atoms with Gasteiger partial charge in [0, 0.05) is 0 Å². The molecule has 0 amide bonds. The van der Waals surface area contributed by atoms with Crippen LogP contribution in [-0.4, -0.2) is 50.7 Å². The Hall–Kier alpha value is -2.54. The van der Waals surface area contributed by atoms with E-state index in [-0.39, 0.29) is 26.1 Å². The molecule has 0 unspecified atom stereocenters. The summed E-state index contributed by atoms with van der Waals surface area (Å²) in [5.41, 5.74) is 14.2. The molecule has 0 fully saturated rings. The SMILES string of the molecule is Nc1cc(-c2ccc(OCCCS(=O)(=O)O)c(N)c2)ccc1OCCCS(=O)(=O)O. The third kappa shape index (κ3) is 8.06. The summed E-state index contributed by atoms with van der Waals surface area (Å²) in [7, 11) is -8.05. The molecule has 0 saturated heterocycles. The van der Waals surface area contributed by atoms with Crippen LogP contribution in [0, 0.1) is 0 Å². The van der Waals surface area contributed by atoms with Gasteiger partial charge in [0.05, 0.1) is 36.1 Å². The summed E-state index contributed by atoms with van der Waals surface area (Å²) < 4.78 is 71.1. The molecule has 0 spiro atoms. The number of nitrogen functional groups attached to an aromatic ring is 2. The van der Waals surface area contributed by atoms with E-state index in [4.69, 9.17) is 30.0 Å². The molecule has 0 bridgehead atoms. The van der Waals surface area contributed by atoms with E-state index in [1.165, 1.54) is 0 Å². The largest absolute Gasteiger partial charge is 0.491 e. The van der Waals surface area contributed by atoms with Crippen molar-refractivity contribution in [3.8, 4) is 22.6 Å². The van der Waals surface area contributed by atoms with Crippen LogP contribution >= 0.6 is 0 Å². The van der Waals surface area contributed by atoms with Crippen LogP contribution in [0.15, 0.2) is 36.4 Å².